The lowest BCUT2D eigenvalue weighted by molar-refractivity contribution is -0.114. The summed E-state index contributed by atoms with van der Waals surface area (Å²) in [7, 11) is 1.17. The van der Waals surface area contributed by atoms with Gasteiger partial charge < -0.3 is 15.4 Å². The molecule has 0 heterocycles. The normalized spacial score (nSPS) is 10.3. The molecule has 0 aromatic heterocycles. The van der Waals surface area contributed by atoms with Crippen LogP contribution in [0.15, 0.2) is 30.3 Å². The largest absolute Gasteiger partial charge is 0.491 e. The van der Waals surface area contributed by atoms with E-state index in [-0.39, 0.29) is 12.2 Å². The minimum Gasteiger partial charge on any atom is -0.491 e. The number of hydrogen-bond acceptors (Lipinski definition) is 3. The van der Waals surface area contributed by atoms with E-state index >= 15 is 0 Å². The molecule has 0 unspecified atom stereocenters. The molecule has 23 heavy (non-hydrogen) atoms. The van der Waals surface area contributed by atoms with E-state index in [4.69, 9.17) is 11.6 Å². The molecule has 0 saturated heterocycles. The second-order valence-corrected chi connectivity index (χ2v) is 5.27. The Morgan fingerprint density at radius 2 is 1.87 bits per heavy atom. The molecule has 2 N–H and O–H groups in total. The average Bonchev–Trinajstić information content (AvgIpc) is 2.48. The lowest BCUT2D eigenvalue weighted by Gasteiger charge is -2.11. The van der Waals surface area contributed by atoms with Crippen LogP contribution in [0.1, 0.15) is 5.56 Å². The van der Waals surface area contributed by atoms with Gasteiger partial charge in [-0.05, 0) is 24.6 Å². The van der Waals surface area contributed by atoms with E-state index in [1.54, 1.807) is 12.1 Å². The summed E-state index contributed by atoms with van der Waals surface area (Å²) in [5, 5.41) is 5.67. The van der Waals surface area contributed by atoms with Gasteiger partial charge >= 0.3 is 0 Å². The van der Waals surface area contributed by atoms with Crippen LogP contribution >= 0.6 is 11.6 Å². The van der Waals surface area contributed by atoms with Crippen molar-refractivity contribution in [1.29, 1.82) is 0 Å². The SMILES string of the molecule is COc1c(F)cc(NCC(=O)Nc2ccc(C)cc2Cl)cc1F. The molecule has 122 valence electrons. The van der Waals surface area contributed by atoms with Crippen molar-refractivity contribution in [1.82, 2.24) is 0 Å². The lowest BCUT2D eigenvalue weighted by atomic mass is 10.2. The number of rotatable bonds is 5. The van der Waals surface area contributed by atoms with E-state index in [2.05, 4.69) is 15.4 Å². The topological polar surface area (TPSA) is 50.4 Å². The summed E-state index contributed by atoms with van der Waals surface area (Å²) in [6.07, 6.45) is 0. The predicted octanol–water partition coefficient (Wildman–Crippen LogP) is 3.99. The van der Waals surface area contributed by atoms with Gasteiger partial charge in [0.05, 0.1) is 24.4 Å². The first-order chi connectivity index (χ1) is 10.9. The standard InChI is InChI=1S/C16H15ClF2N2O2/c1-9-3-4-14(11(17)5-9)21-15(22)8-20-10-6-12(18)16(23-2)13(19)7-10/h3-7,20H,8H2,1-2H3,(H,21,22). The molecule has 0 fully saturated rings. The second-order valence-electron chi connectivity index (χ2n) is 4.86. The summed E-state index contributed by atoms with van der Waals surface area (Å²) >= 11 is 6.02. The van der Waals surface area contributed by atoms with E-state index in [1.165, 1.54) is 7.11 Å². The van der Waals surface area contributed by atoms with Crippen molar-refractivity contribution in [2.75, 3.05) is 24.3 Å². The summed E-state index contributed by atoms with van der Waals surface area (Å²) in [6.45, 7) is 1.71. The maximum Gasteiger partial charge on any atom is 0.243 e. The maximum absolute atomic E-state index is 13.6. The second kappa shape index (κ2) is 7.28. The lowest BCUT2D eigenvalue weighted by Crippen LogP contribution is -2.22. The van der Waals surface area contributed by atoms with Crippen LogP contribution in [0, 0.1) is 18.6 Å². The molecule has 0 aliphatic heterocycles. The molecule has 0 aliphatic rings. The summed E-state index contributed by atoms with van der Waals surface area (Å²) in [4.78, 5) is 11.9. The number of aryl methyl sites for hydroxylation is 1. The Labute approximate surface area is 137 Å². The van der Waals surface area contributed by atoms with Crippen molar-refractivity contribution in [2.45, 2.75) is 6.92 Å². The molecule has 2 aromatic carbocycles. The highest BCUT2D eigenvalue weighted by Crippen LogP contribution is 2.25. The number of anilines is 2. The minimum absolute atomic E-state index is 0.131. The Kier molecular flexibility index (Phi) is 5.39. The van der Waals surface area contributed by atoms with Crippen LogP contribution in [0.2, 0.25) is 5.02 Å². The van der Waals surface area contributed by atoms with E-state index in [0.717, 1.165) is 17.7 Å². The third kappa shape index (κ3) is 4.32. The molecule has 2 aromatic rings. The zero-order chi connectivity index (χ0) is 17.0. The number of carbonyl (C=O) groups is 1. The van der Waals surface area contributed by atoms with Gasteiger partial charge in [0.15, 0.2) is 17.4 Å². The molecule has 0 spiro atoms. The van der Waals surface area contributed by atoms with Crippen LogP contribution in [0.25, 0.3) is 0 Å². The summed E-state index contributed by atoms with van der Waals surface area (Å²) < 4.78 is 31.7. The Morgan fingerprint density at radius 1 is 1.22 bits per heavy atom. The van der Waals surface area contributed by atoms with Gasteiger partial charge in [0, 0.05) is 17.8 Å². The summed E-state index contributed by atoms with van der Waals surface area (Å²) in [5.74, 6) is -2.56. The first-order valence-electron chi connectivity index (χ1n) is 6.73. The Hall–Kier alpha value is -2.34. The third-order valence-electron chi connectivity index (χ3n) is 3.05. The quantitative estimate of drug-likeness (QED) is 0.865. The highest BCUT2D eigenvalue weighted by Gasteiger charge is 2.12. The van der Waals surface area contributed by atoms with Crippen LogP contribution in [0.5, 0.6) is 5.75 Å². The summed E-state index contributed by atoms with van der Waals surface area (Å²) in [6, 6.07) is 7.31. The minimum atomic E-state index is -0.850. The van der Waals surface area contributed by atoms with Gasteiger partial charge in [0.1, 0.15) is 0 Å². The van der Waals surface area contributed by atoms with Crippen molar-refractivity contribution < 1.29 is 18.3 Å². The van der Waals surface area contributed by atoms with Crippen molar-refractivity contribution in [3.8, 4) is 5.75 Å². The van der Waals surface area contributed by atoms with Gasteiger partial charge in [0.25, 0.3) is 0 Å². The number of halogens is 3. The van der Waals surface area contributed by atoms with Gasteiger partial charge in [-0.1, -0.05) is 17.7 Å². The first-order valence-corrected chi connectivity index (χ1v) is 7.11. The molecule has 0 radical (unpaired) electrons. The van der Waals surface area contributed by atoms with E-state index in [1.807, 2.05) is 13.0 Å². The van der Waals surface area contributed by atoms with Gasteiger partial charge in [0.2, 0.25) is 5.91 Å². The van der Waals surface area contributed by atoms with E-state index in [9.17, 15) is 13.6 Å². The molecule has 0 aliphatic carbocycles. The van der Waals surface area contributed by atoms with E-state index in [0.29, 0.717) is 10.7 Å². The van der Waals surface area contributed by atoms with Crippen LogP contribution in [0.4, 0.5) is 20.2 Å². The fourth-order valence-corrected chi connectivity index (χ4v) is 2.24. The number of nitrogens with one attached hydrogen (secondary N) is 2. The zero-order valence-corrected chi connectivity index (χ0v) is 13.3. The first kappa shape index (κ1) is 17.0. The Bertz CT molecular complexity index is 715. The molecule has 0 atom stereocenters. The number of benzene rings is 2. The van der Waals surface area contributed by atoms with Crippen LogP contribution in [0.3, 0.4) is 0 Å². The number of methoxy groups -OCH3 is 1. The fourth-order valence-electron chi connectivity index (χ4n) is 1.96. The smallest absolute Gasteiger partial charge is 0.243 e. The molecule has 0 bridgehead atoms. The molecule has 4 nitrogen and oxygen atoms in total. The van der Waals surface area contributed by atoms with Gasteiger partial charge in [-0.15, -0.1) is 0 Å². The third-order valence-corrected chi connectivity index (χ3v) is 3.37. The molecule has 2 rings (SSSR count). The molecule has 0 saturated carbocycles. The van der Waals surface area contributed by atoms with Crippen molar-refractivity contribution in [3.63, 3.8) is 0 Å². The highest BCUT2D eigenvalue weighted by molar-refractivity contribution is 6.33. The Morgan fingerprint density at radius 3 is 2.43 bits per heavy atom. The van der Waals surface area contributed by atoms with Gasteiger partial charge in [-0.25, -0.2) is 8.78 Å². The molecular formula is C16H15ClF2N2O2. The number of carbonyl (C=O) groups excluding carboxylic acids is 1. The fraction of sp³-hybridized carbons (Fsp3) is 0.188. The molecular weight excluding hydrogens is 326 g/mol. The van der Waals surface area contributed by atoms with Crippen molar-refractivity contribution in [3.05, 3.63) is 52.6 Å². The van der Waals surface area contributed by atoms with Gasteiger partial charge in [-0.3, -0.25) is 4.79 Å². The van der Waals surface area contributed by atoms with Gasteiger partial charge in [-0.2, -0.15) is 0 Å². The van der Waals surface area contributed by atoms with Crippen molar-refractivity contribution in [2.24, 2.45) is 0 Å². The number of amides is 1. The Balaban J connectivity index is 1.99. The van der Waals surface area contributed by atoms with E-state index < -0.39 is 23.3 Å². The van der Waals surface area contributed by atoms with Crippen molar-refractivity contribution >= 4 is 28.9 Å². The zero-order valence-electron chi connectivity index (χ0n) is 12.5. The maximum atomic E-state index is 13.6. The molecule has 1 amide bonds. The highest BCUT2D eigenvalue weighted by atomic mass is 35.5. The number of ether oxygens (including phenoxy) is 1. The van der Waals surface area contributed by atoms with Crippen LogP contribution < -0.4 is 15.4 Å². The monoisotopic (exact) mass is 340 g/mol. The summed E-state index contributed by atoms with van der Waals surface area (Å²) in [5.41, 5.74) is 1.57. The number of hydrogen-bond donors (Lipinski definition) is 2. The predicted molar refractivity (Wildman–Crippen MR) is 86.2 cm³/mol. The average molecular weight is 341 g/mol. The van der Waals surface area contributed by atoms with Crippen LogP contribution in [-0.4, -0.2) is 19.6 Å². The van der Waals surface area contributed by atoms with Crippen LogP contribution in [-0.2, 0) is 4.79 Å². The molecule has 7 heteroatoms.